The van der Waals surface area contributed by atoms with E-state index in [1.165, 1.54) is 4.88 Å². The second kappa shape index (κ2) is 5.14. The molecule has 0 aliphatic rings. The van der Waals surface area contributed by atoms with Crippen molar-refractivity contribution in [1.82, 2.24) is 9.78 Å². The molecule has 0 radical (unpaired) electrons. The standard InChI is InChI=1S/C11H15N3OS/c1-9(11-3-2-6-16-11)13-10-7-12-14(8-10)4-5-15/h2-3,6-9,13,15H,4-5H2,1H3. The van der Waals surface area contributed by atoms with Gasteiger partial charge in [0.05, 0.1) is 31.1 Å². The molecule has 1 unspecified atom stereocenters. The maximum absolute atomic E-state index is 8.78. The smallest absolute Gasteiger partial charge is 0.0731 e. The van der Waals surface area contributed by atoms with Crippen molar-refractivity contribution in [3.05, 3.63) is 34.8 Å². The third kappa shape index (κ3) is 2.62. The van der Waals surface area contributed by atoms with E-state index in [-0.39, 0.29) is 12.6 Å². The van der Waals surface area contributed by atoms with Gasteiger partial charge in [-0.3, -0.25) is 4.68 Å². The molecule has 86 valence electrons. The van der Waals surface area contributed by atoms with Crippen LogP contribution in [0.15, 0.2) is 29.9 Å². The molecular formula is C11H15N3OS. The highest BCUT2D eigenvalue weighted by Gasteiger charge is 2.07. The number of aliphatic hydroxyl groups is 1. The summed E-state index contributed by atoms with van der Waals surface area (Å²) in [5, 5.41) is 18.4. The number of aliphatic hydroxyl groups excluding tert-OH is 1. The summed E-state index contributed by atoms with van der Waals surface area (Å²) >= 11 is 1.74. The van der Waals surface area contributed by atoms with E-state index in [2.05, 4.69) is 28.8 Å². The van der Waals surface area contributed by atoms with Crippen molar-refractivity contribution in [1.29, 1.82) is 0 Å². The summed E-state index contributed by atoms with van der Waals surface area (Å²) in [6.45, 7) is 2.77. The van der Waals surface area contributed by atoms with Gasteiger partial charge in [0, 0.05) is 11.1 Å². The molecule has 0 aromatic carbocycles. The summed E-state index contributed by atoms with van der Waals surface area (Å²) in [7, 11) is 0. The van der Waals surface area contributed by atoms with Gasteiger partial charge in [0.15, 0.2) is 0 Å². The molecule has 1 atom stereocenters. The Morgan fingerprint density at radius 3 is 3.19 bits per heavy atom. The summed E-state index contributed by atoms with van der Waals surface area (Å²) in [5.41, 5.74) is 0.981. The molecule has 0 fully saturated rings. The summed E-state index contributed by atoms with van der Waals surface area (Å²) in [5.74, 6) is 0. The molecule has 2 aromatic rings. The monoisotopic (exact) mass is 237 g/mol. The van der Waals surface area contributed by atoms with Crippen LogP contribution in [0.4, 0.5) is 5.69 Å². The van der Waals surface area contributed by atoms with Crippen LogP contribution in [0.5, 0.6) is 0 Å². The molecule has 2 rings (SSSR count). The molecule has 0 amide bonds. The summed E-state index contributed by atoms with van der Waals surface area (Å²) < 4.78 is 1.73. The van der Waals surface area contributed by atoms with E-state index >= 15 is 0 Å². The van der Waals surface area contributed by atoms with Crippen LogP contribution < -0.4 is 5.32 Å². The predicted octanol–water partition coefficient (Wildman–Crippen LogP) is 2.11. The minimum atomic E-state index is 0.113. The van der Waals surface area contributed by atoms with Crippen LogP contribution in [0.25, 0.3) is 0 Å². The molecule has 2 heterocycles. The van der Waals surface area contributed by atoms with Gasteiger partial charge in [-0.05, 0) is 18.4 Å². The number of thiophene rings is 1. The van der Waals surface area contributed by atoms with Crippen molar-refractivity contribution in [2.75, 3.05) is 11.9 Å². The van der Waals surface area contributed by atoms with Crippen molar-refractivity contribution in [2.24, 2.45) is 0 Å². The second-order valence-corrected chi connectivity index (χ2v) is 4.58. The van der Waals surface area contributed by atoms with Gasteiger partial charge in [0.1, 0.15) is 0 Å². The number of anilines is 1. The molecule has 0 aliphatic heterocycles. The van der Waals surface area contributed by atoms with E-state index < -0.39 is 0 Å². The van der Waals surface area contributed by atoms with Gasteiger partial charge in [-0.25, -0.2) is 0 Å². The van der Waals surface area contributed by atoms with E-state index in [1.54, 1.807) is 22.2 Å². The molecule has 0 saturated carbocycles. The molecule has 0 saturated heterocycles. The average Bonchev–Trinajstić information content (AvgIpc) is 2.89. The fourth-order valence-corrected chi connectivity index (χ4v) is 2.26. The zero-order valence-corrected chi connectivity index (χ0v) is 9.94. The third-order valence-electron chi connectivity index (χ3n) is 2.32. The van der Waals surface area contributed by atoms with Crippen LogP contribution in [-0.2, 0) is 6.54 Å². The van der Waals surface area contributed by atoms with Gasteiger partial charge < -0.3 is 10.4 Å². The third-order valence-corrected chi connectivity index (χ3v) is 3.37. The highest BCUT2D eigenvalue weighted by atomic mass is 32.1. The molecule has 2 N–H and O–H groups in total. The van der Waals surface area contributed by atoms with Gasteiger partial charge in [-0.15, -0.1) is 11.3 Å². The summed E-state index contributed by atoms with van der Waals surface area (Å²) in [4.78, 5) is 1.30. The van der Waals surface area contributed by atoms with E-state index in [4.69, 9.17) is 5.11 Å². The fraction of sp³-hybridized carbons (Fsp3) is 0.364. The molecule has 0 spiro atoms. The number of aromatic nitrogens is 2. The SMILES string of the molecule is CC(Nc1cnn(CCO)c1)c1cccs1. The first-order chi connectivity index (χ1) is 7.79. The molecule has 2 aromatic heterocycles. The van der Waals surface area contributed by atoms with Crippen LogP contribution >= 0.6 is 11.3 Å². The summed E-state index contributed by atoms with van der Waals surface area (Å²) in [6.07, 6.45) is 3.68. The highest BCUT2D eigenvalue weighted by Crippen LogP contribution is 2.22. The van der Waals surface area contributed by atoms with E-state index in [1.807, 2.05) is 12.3 Å². The predicted molar refractivity (Wildman–Crippen MR) is 65.7 cm³/mol. The number of nitrogens with one attached hydrogen (secondary N) is 1. The first-order valence-electron chi connectivity index (χ1n) is 5.23. The van der Waals surface area contributed by atoms with Crippen LogP contribution in [-0.4, -0.2) is 21.5 Å². The maximum Gasteiger partial charge on any atom is 0.0731 e. The zero-order valence-electron chi connectivity index (χ0n) is 9.13. The Kier molecular flexibility index (Phi) is 3.58. The lowest BCUT2D eigenvalue weighted by molar-refractivity contribution is 0.269. The van der Waals surface area contributed by atoms with Crippen molar-refractivity contribution in [3.8, 4) is 0 Å². The van der Waals surface area contributed by atoms with Crippen LogP contribution in [0.1, 0.15) is 17.8 Å². The molecule has 16 heavy (non-hydrogen) atoms. The van der Waals surface area contributed by atoms with Crippen molar-refractivity contribution < 1.29 is 5.11 Å². The maximum atomic E-state index is 8.78. The largest absolute Gasteiger partial charge is 0.394 e. The van der Waals surface area contributed by atoms with Gasteiger partial charge >= 0.3 is 0 Å². The Morgan fingerprint density at radius 1 is 1.62 bits per heavy atom. The average molecular weight is 237 g/mol. The second-order valence-electron chi connectivity index (χ2n) is 3.60. The molecular weight excluding hydrogens is 222 g/mol. The minimum absolute atomic E-state index is 0.113. The highest BCUT2D eigenvalue weighted by molar-refractivity contribution is 7.10. The normalized spacial score (nSPS) is 12.6. The van der Waals surface area contributed by atoms with Crippen molar-refractivity contribution >= 4 is 17.0 Å². The molecule has 4 nitrogen and oxygen atoms in total. The lowest BCUT2D eigenvalue weighted by atomic mass is 10.3. The lowest BCUT2D eigenvalue weighted by Crippen LogP contribution is -2.04. The Morgan fingerprint density at radius 2 is 2.50 bits per heavy atom. The Bertz CT molecular complexity index is 424. The van der Waals surface area contributed by atoms with E-state index in [9.17, 15) is 0 Å². The van der Waals surface area contributed by atoms with Gasteiger partial charge in [0.25, 0.3) is 0 Å². The van der Waals surface area contributed by atoms with Gasteiger partial charge in [-0.2, -0.15) is 5.10 Å². The minimum Gasteiger partial charge on any atom is -0.394 e. The first kappa shape index (κ1) is 11.2. The number of hydrogen-bond acceptors (Lipinski definition) is 4. The number of hydrogen-bond donors (Lipinski definition) is 2. The lowest BCUT2D eigenvalue weighted by Gasteiger charge is -2.11. The Hall–Kier alpha value is -1.33. The van der Waals surface area contributed by atoms with E-state index in [0.717, 1.165) is 5.69 Å². The first-order valence-corrected chi connectivity index (χ1v) is 6.11. The van der Waals surface area contributed by atoms with Crippen LogP contribution in [0, 0.1) is 0 Å². The molecule has 0 bridgehead atoms. The Balaban J connectivity index is 1.98. The van der Waals surface area contributed by atoms with Crippen LogP contribution in [0.2, 0.25) is 0 Å². The quantitative estimate of drug-likeness (QED) is 0.837. The molecule has 5 heteroatoms. The van der Waals surface area contributed by atoms with Crippen molar-refractivity contribution in [2.45, 2.75) is 19.5 Å². The van der Waals surface area contributed by atoms with Crippen molar-refractivity contribution in [3.63, 3.8) is 0 Å². The molecule has 0 aliphatic carbocycles. The van der Waals surface area contributed by atoms with Crippen LogP contribution in [0.3, 0.4) is 0 Å². The zero-order chi connectivity index (χ0) is 11.4. The van der Waals surface area contributed by atoms with Gasteiger partial charge in [0.2, 0.25) is 0 Å². The Labute approximate surface area is 98.5 Å². The van der Waals surface area contributed by atoms with E-state index in [0.29, 0.717) is 6.54 Å². The summed E-state index contributed by atoms with van der Waals surface area (Å²) in [6, 6.07) is 4.44. The number of rotatable bonds is 5. The fourth-order valence-electron chi connectivity index (χ4n) is 1.52. The topological polar surface area (TPSA) is 50.1 Å². The van der Waals surface area contributed by atoms with Gasteiger partial charge in [-0.1, -0.05) is 6.07 Å². The number of nitrogens with zero attached hydrogens (tertiary/aromatic N) is 2.